The summed E-state index contributed by atoms with van der Waals surface area (Å²) in [7, 11) is 0. The largest absolute Gasteiger partial charge is 0.378 e. The van der Waals surface area contributed by atoms with E-state index in [0.29, 0.717) is 6.10 Å². The molecule has 0 aromatic rings. The van der Waals surface area contributed by atoms with Crippen LogP contribution in [0.1, 0.15) is 142 Å². The van der Waals surface area contributed by atoms with Crippen molar-refractivity contribution < 1.29 is 4.74 Å². The lowest BCUT2D eigenvalue weighted by atomic mass is 9.70. The Kier molecular flexibility index (Phi) is 13.6. The zero-order valence-corrected chi connectivity index (χ0v) is 19.6. The highest BCUT2D eigenvalue weighted by Crippen LogP contribution is 2.41. The highest BCUT2D eigenvalue weighted by atomic mass is 16.5. The monoisotopic (exact) mass is 392 g/mol. The maximum absolute atomic E-state index is 6.13. The first-order valence-electron chi connectivity index (χ1n) is 13.4. The molecule has 2 saturated carbocycles. The van der Waals surface area contributed by atoms with Gasteiger partial charge in [0.2, 0.25) is 0 Å². The minimum Gasteiger partial charge on any atom is -0.378 e. The van der Waals surface area contributed by atoms with Crippen LogP contribution in [0.5, 0.6) is 0 Å². The van der Waals surface area contributed by atoms with Gasteiger partial charge in [0.1, 0.15) is 0 Å². The summed E-state index contributed by atoms with van der Waals surface area (Å²) in [6.45, 7) is 5.59. The van der Waals surface area contributed by atoms with Gasteiger partial charge in [-0.2, -0.15) is 0 Å². The van der Waals surface area contributed by atoms with Crippen LogP contribution >= 0.6 is 0 Å². The van der Waals surface area contributed by atoms with E-state index in [1.165, 1.54) is 128 Å². The molecule has 28 heavy (non-hydrogen) atoms. The average Bonchev–Trinajstić information content (AvgIpc) is 2.74. The van der Waals surface area contributed by atoms with Gasteiger partial charge in [-0.05, 0) is 62.7 Å². The summed E-state index contributed by atoms with van der Waals surface area (Å²) in [4.78, 5) is 0. The Balaban J connectivity index is 1.45. The van der Waals surface area contributed by atoms with Crippen molar-refractivity contribution in [2.45, 2.75) is 148 Å². The van der Waals surface area contributed by atoms with E-state index in [9.17, 15) is 0 Å². The third kappa shape index (κ3) is 10.1. The zero-order chi connectivity index (χ0) is 19.9. The fourth-order valence-corrected chi connectivity index (χ4v) is 5.84. The Hall–Kier alpha value is -0.0400. The Morgan fingerprint density at radius 3 is 1.64 bits per heavy atom. The van der Waals surface area contributed by atoms with Crippen LogP contribution in [-0.2, 0) is 4.74 Å². The number of ether oxygens (including phenoxy) is 1. The van der Waals surface area contributed by atoms with E-state index < -0.39 is 0 Å². The number of hydrogen-bond acceptors (Lipinski definition) is 1. The molecule has 2 fully saturated rings. The maximum Gasteiger partial charge on any atom is 0.0575 e. The molecule has 0 atom stereocenters. The van der Waals surface area contributed by atoms with Crippen molar-refractivity contribution in [3.63, 3.8) is 0 Å². The Morgan fingerprint density at radius 1 is 0.536 bits per heavy atom. The zero-order valence-electron chi connectivity index (χ0n) is 19.6. The Morgan fingerprint density at radius 2 is 1.04 bits per heavy atom. The fourth-order valence-electron chi connectivity index (χ4n) is 5.84. The molecular formula is C27H52O. The Labute approximate surface area is 177 Å². The van der Waals surface area contributed by atoms with E-state index in [1.807, 2.05) is 0 Å². The van der Waals surface area contributed by atoms with Crippen molar-refractivity contribution in [3.8, 4) is 0 Å². The number of hydrogen-bond donors (Lipinski definition) is 0. The highest BCUT2D eigenvalue weighted by molar-refractivity contribution is 4.82. The molecular weight excluding hydrogens is 340 g/mol. The summed E-state index contributed by atoms with van der Waals surface area (Å²) in [6.07, 6.45) is 29.5. The lowest BCUT2D eigenvalue weighted by Gasteiger charge is -2.38. The van der Waals surface area contributed by atoms with Crippen molar-refractivity contribution in [2.24, 2.45) is 17.8 Å². The van der Waals surface area contributed by atoms with Gasteiger partial charge in [0.15, 0.2) is 0 Å². The van der Waals surface area contributed by atoms with Gasteiger partial charge < -0.3 is 4.74 Å². The maximum atomic E-state index is 6.13. The van der Waals surface area contributed by atoms with Gasteiger partial charge in [-0.15, -0.1) is 0 Å². The van der Waals surface area contributed by atoms with Crippen molar-refractivity contribution in [1.29, 1.82) is 0 Å². The van der Waals surface area contributed by atoms with Gasteiger partial charge in [0, 0.05) is 6.61 Å². The van der Waals surface area contributed by atoms with Crippen molar-refractivity contribution in [2.75, 3.05) is 6.61 Å². The molecule has 2 aliphatic rings. The molecule has 0 heterocycles. The molecule has 0 aromatic heterocycles. The van der Waals surface area contributed by atoms with E-state index in [1.54, 1.807) is 0 Å². The minimum absolute atomic E-state index is 0.589. The third-order valence-electron chi connectivity index (χ3n) is 7.84. The fraction of sp³-hybridized carbons (Fsp3) is 1.00. The molecule has 0 unspecified atom stereocenters. The summed E-state index contributed by atoms with van der Waals surface area (Å²) < 4.78 is 6.13. The normalized spacial score (nSPS) is 28.5. The van der Waals surface area contributed by atoms with Crippen LogP contribution in [0.4, 0.5) is 0 Å². The molecule has 0 spiro atoms. The van der Waals surface area contributed by atoms with Gasteiger partial charge in [-0.1, -0.05) is 97.3 Å². The second-order valence-electron chi connectivity index (χ2n) is 10.2. The van der Waals surface area contributed by atoms with Crippen LogP contribution in [0.2, 0.25) is 0 Å². The molecule has 0 aliphatic heterocycles. The SMILES string of the molecule is CCCCCCCCCC[C@H]1CC[C@H]([C@H]2CC[C@H](OCCCCC)CC2)CC1. The van der Waals surface area contributed by atoms with Gasteiger partial charge in [-0.25, -0.2) is 0 Å². The van der Waals surface area contributed by atoms with E-state index in [2.05, 4.69) is 13.8 Å². The van der Waals surface area contributed by atoms with Crippen LogP contribution in [0.25, 0.3) is 0 Å². The first-order chi connectivity index (χ1) is 13.8. The molecule has 2 aliphatic carbocycles. The molecule has 1 nitrogen and oxygen atoms in total. The van der Waals surface area contributed by atoms with Crippen molar-refractivity contribution >= 4 is 0 Å². The predicted molar refractivity (Wildman–Crippen MR) is 124 cm³/mol. The molecule has 2 rings (SSSR count). The van der Waals surface area contributed by atoms with Gasteiger partial charge in [-0.3, -0.25) is 0 Å². The van der Waals surface area contributed by atoms with Crippen LogP contribution in [-0.4, -0.2) is 12.7 Å². The third-order valence-corrected chi connectivity index (χ3v) is 7.84. The van der Waals surface area contributed by atoms with E-state index >= 15 is 0 Å². The first-order valence-corrected chi connectivity index (χ1v) is 13.4. The quantitative estimate of drug-likeness (QED) is 0.252. The molecule has 0 N–H and O–H groups in total. The summed E-state index contributed by atoms with van der Waals surface area (Å²) in [5, 5.41) is 0. The molecule has 0 saturated heterocycles. The smallest absolute Gasteiger partial charge is 0.0575 e. The molecule has 0 radical (unpaired) electrons. The minimum atomic E-state index is 0.589. The van der Waals surface area contributed by atoms with Crippen molar-refractivity contribution in [1.82, 2.24) is 0 Å². The molecule has 0 amide bonds. The van der Waals surface area contributed by atoms with Gasteiger partial charge in [0.25, 0.3) is 0 Å². The van der Waals surface area contributed by atoms with Gasteiger partial charge >= 0.3 is 0 Å². The van der Waals surface area contributed by atoms with Crippen LogP contribution in [0, 0.1) is 17.8 Å². The highest BCUT2D eigenvalue weighted by Gasteiger charge is 2.30. The Bertz CT molecular complexity index is 336. The summed E-state index contributed by atoms with van der Waals surface area (Å²) in [6, 6.07) is 0. The van der Waals surface area contributed by atoms with Gasteiger partial charge in [0.05, 0.1) is 6.10 Å². The number of unbranched alkanes of at least 4 members (excludes halogenated alkanes) is 9. The summed E-state index contributed by atoms with van der Waals surface area (Å²) in [5.41, 5.74) is 0. The van der Waals surface area contributed by atoms with E-state index in [0.717, 1.165) is 24.4 Å². The van der Waals surface area contributed by atoms with E-state index in [-0.39, 0.29) is 0 Å². The molecule has 1 heteroatoms. The predicted octanol–water partition coefficient (Wildman–Crippen LogP) is 9.09. The molecule has 0 bridgehead atoms. The van der Waals surface area contributed by atoms with Crippen LogP contribution in [0.3, 0.4) is 0 Å². The molecule has 0 aromatic carbocycles. The molecule has 166 valence electrons. The van der Waals surface area contributed by atoms with E-state index in [4.69, 9.17) is 4.74 Å². The second-order valence-corrected chi connectivity index (χ2v) is 10.2. The average molecular weight is 393 g/mol. The first kappa shape index (κ1) is 24.2. The topological polar surface area (TPSA) is 9.23 Å². The summed E-state index contributed by atoms with van der Waals surface area (Å²) in [5.74, 6) is 3.14. The lowest BCUT2D eigenvalue weighted by Crippen LogP contribution is -2.28. The lowest BCUT2D eigenvalue weighted by molar-refractivity contribution is 0.00538. The van der Waals surface area contributed by atoms with Crippen molar-refractivity contribution in [3.05, 3.63) is 0 Å². The summed E-state index contributed by atoms with van der Waals surface area (Å²) >= 11 is 0. The second kappa shape index (κ2) is 15.8. The van der Waals surface area contributed by atoms with Crippen LogP contribution < -0.4 is 0 Å². The number of rotatable bonds is 15. The van der Waals surface area contributed by atoms with Crippen LogP contribution in [0.15, 0.2) is 0 Å². The standard InChI is InChI=1S/C27H52O/c1-3-5-7-8-9-10-11-12-14-24-15-17-25(18-16-24)26-19-21-27(22-20-26)28-23-13-6-4-2/h24-27H,3-23H2,1-2H3/t24-,25-,26-,27-.